The fourth-order valence-corrected chi connectivity index (χ4v) is 2.26. The third-order valence-electron chi connectivity index (χ3n) is 3.46. The largest absolute Gasteiger partial charge is 0.494 e. The normalized spacial score (nSPS) is 10.4. The summed E-state index contributed by atoms with van der Waals surface area (Å²) >= 11 is 0. The third-order valence-corrected chi connectivity index (χ3v) is 3.46. The fraction of sp³-hybridized carbons (Fsp3) is 0.278. The van der Waals surface area contributed by atoms with Gasteiger partial charge in [-0.05, 0) is 39.0 Å². The number of benzene rings is 1. The second kappa shape index (κ2) is 7.65. The Morgan fingerprint density at radius 2 is 1.52 bits per heavy atom. The van der Waals surface area contributed by atoms with Crippen LogP contribution in [0.3, 0.4) is 0 Å². The molecule has 7 heteroatoms. The van der Waals surface area contributed by atoms with Crippen LogP contribution in [-0.4, -0.2) is 34.8 Å². The van der Waals surface area contributed by atoms with Crippen LogP contribution in [-0.2, 0) is 9.47 Å². The molecule has 0 saturated carbocycles. The van der Waals surface area contributed by atoms with Crippen LogP contribution in [0.25, 0.3) is 5.69 Å². The summed E-state index contributed by atoms with van der Waals surface area (Å²) in [5.41, 5.74) is -0.172. The van der Waals surface area contributed by atoms with Crippen LogP contribution in [0.5, 0.6) is 5.88 Å². The average Bonchev–Trinajstić information content (AvgIpc) is 2.57. The lowest BCUT2D eigenvalue weighted by atomic mass is 10.1. The first-order chi connectivity index (χ1) is 11.9. The first-order valence-electron chi connectivity index (χ1n) is 7.81. The van der Waals surface area contributed by atoms with Gasteiger partial charge in [-0.1, -0.05) is 17.7 Å². The van der Waals surface area contributed by atoms with Gasteiger partial charge >= 0.3 is 11.9 Å². The monoisotopic (exact) mass is 345 g/mol. The molecule has 1 aromatic carbocycles. The van der Waals surface area contributed by atoms with Crippen molar-refractivity contribution in [2.75, 3.05) is 13.2 Å². The number of nitrogens with zero attached hydrogens (tertiary/aromatic N) is 1. The lowest BCUT2D eigenvalue weighted by molar-refractivity contribution is 0.0519. The van der Waals surface area contributed by atoms with Gasteiger partial charge in [0.1, 0.15) is 11.1 Å². The molecule has 25 heavy (non-hydrogen) atoms. The molecule has 1 N–H and O–H groups in total. The number of aryl methyl sites for hydroxylation is 1. The van der Waals surface area contributed by atoms with Crippen molar-refractivity contribution in [2.24, 2.45) is 0 Å². The van der Waals surface area contributed by atoms with Gasteiger partial charge in [-0.3, -0.25) is 4.79 Å². The zero-order valence-corrected chi connectivity index (χ0v) is 14.2. The van der Waals surface area contributed by atoms with E-state index in [-0.39, 0.29) is 24.3 Å². The summed E-state index contributed by atoms with van der Waals surface area (Å²) in [6.45, 7) is 5.22. The minimum absolute atomic E-state index is 0.0679. The second-order valence-electron chi connectivity index (χ2n) is 5.21. The Balaban J connectivity index is 2.75. The summed E-state index contributed by atoms with van der Waals surface area (Å²) in [6, 6.07) is 7.67. The molecule has 7 nitrogen and oxygen atoms in total. The lowest BCUT2D eigenvalue weighted by Crippen LogP contribution is -2.28. The van der Waals surface area contributed by atoms with E-state index in [9.17, 15) is 19.5 Å². The van der Waals surface area contributed by atoms with Crippen molar-refractivity contribution >= 4 is 11.9 Å². The van der Waals surface area contributed by atoms with Gasteiger partial charge in [0, 0.05) is 0 Å². The van der Waals surface area contributed by atoms with E-state index < -0.39 is 23.4 Å². The molecular weight excluding hydrogens is 326 g/mol. The molecule has 0 unspecified atom stereocenters. The number of hydrogen-bond acceptors (Lipinski definition) is 6. The van der Waals surface area contributed by atoms with E-state index in [1.807, 2.05) is 6.92 Å². The molecule has 0 fully saturated rings. The Labute approximate surface area is 144 Å². The zero-order chi connectivity index (χ0) is 18.6. The molecule has 0 aliphatic heterocycles. The van der Waals surface area contributed by atoms with Gasteiger partial charge in [-0.15, -0.1) is 0 Å². The summed E-state index contributed by atoms with van der Waals surface area (Å²) in [5.74, 6) is -2.31. The summed E-state index contributed by atoms with van der Waals surface area (Å²) in [6.07, 6.45) is 0. The number of carbonyl (C=O) groups excluding carboxylic acids is 2. The van der Waals surface area contributed by atoms with Gasteiger partial charge in [0.25, 0.3) is 5.56 Å². The van der Waals surface area contributed by atoms with Crippen LogP contribution in [0.1, 0.15) is 40.1 Å². The summed E-state index contributed by atoms with van der Waals surface area (Å²) in [5, 5.41) is 10.4. The maximum atomic E-state index is 12.7. The molecule has 0 bridgehead atoms. The molecule has 0 aliphatic carbocycles. The SMILES string of the molecule is CCOC(=O)c1cc(C(=O)OCC)c(=O)n(-c2ccc(C)cc2)c1O. The Morgan fingerprint density at radius 1 is 1.00 bits per heavy atom. The van der Waals surface area contributed by atoms with E-state index in [1.54, 1.807) is 38.1 Å². The van der Waals surface area contributed by atoms with E-state index in [1.165, 1.54) is 0 Å². The van der Waals surface area contributed by atoms with Crippen LogP contribution in [0.2, 0.25) is 0 Å². The highest BCUT2D eigenvalue weighted by Gasteiger charge is 2.25. The van der Waals surface area contributed by atoms with E-state index in [0.717, 1.165) is 16.2 Å². The fourth-order valence-electron chi connectivity index (χ4n) is 2.26. The van der Waals surface area contributed by atoms with Gasteiger partial charge in [-0.2, -0.15) is 0 Å². The third kappa shape index (κ3) is 3.71. The smallest absolute Gasteiger partial charge is 0.343 e. The quantitative estimate of drug-likeness (QED) is 0.835. The van der Waals surface area contributed by atoms with Crippen LogP contribution in [0.4, 0.5) is 0 Å². The molecule has 0 atom stereocenters. The number of esters is 2. The molecule has 2 aromatic rings. The molecule has 0 aliphatic rings. The summed E-state index contributed by atoms with van der Waals surface area (Å²) in [4.78, 5) is 36.8. The van der Waals surface area contributed by atoms with Crippen molar-refractivity contribution < 1.29 is 24.2 Å². The van der Waals surface area contributed by atoms with Gasteiger partial charge in [-0.25, -0.2) is 14.2 Å². The van der Waals surface area contributed by atoms with Crippen LogP contribution >= 0.6 is 0 Å². The number of hydrogen-bond donors (Lipinski definition) is 1. The number of ether oxygens (including phenoxy) is 2. The first kappa shape index (κ1) is 18.3. The second-order valence-corrected chi connectivity index (χ2v) is 5.21. The molecule has 1 aromatic heterocycles. The van der Waals surface area contributed by atoms with Crippen molar-refractivity contribution in [2.45, 2.75) is 20.8 Å². The molecule has 132 valence electrons. The Morgan fingerprint density at radius 3 is 2.04 bits per heavy atom. The Kier molecular flexibility index (Phi) is 5.59. The van der Waals surface area contributed by atoms with E-state index >= 15 is 0 Å². The van der Waals surface area contributed by atoms with Crippen molar-refractivity contribution in [1.29, 1.82) is 0 Å². The van der Waals surface area contributed by atoms with Gasteiger partial charge in [0.2, 0.25) is 5.88 Å². The molecule has 1 heterocycles. The van der Waals surface area contributed by atoms with Crippen molar-refractivity contribution in [3.05, 3.63) is 57.4 Å². The minimum atomic E-state index is -0.876. The molecule has 0 spiro atoms. The zero-order valence-electron chi connectivity index (χ0n) is 14.2. The highest BCUT2D eigenvalue weighted by molar-refractivity contribution is 5.96. The van der Waals surface area contributed by atoms with Crippen LogP contribution < -0.4 is 5.56 Å². The lowest BCUT2D eigenvalue weighted by Gasteiger charge is -2.14. The van der Waals surface area contributed by atoms with Gasteiger partial charge in [0.05, 0.1) is 18.9 Å². The predicted octanol–water partition coefficient (Wildman–Crippen LogP) is 2.20. The van der Waals surface area contributed by atoms with Crippen LogP contribution in [0.15, 0.2) is 35.1 Å². The van der Waals surface area contributed by atoms with E-state index in [4.69, 9.17) is 9.47 Å². The molecule has 0 amide bonds. The Hall–Kier alpha value is -3.09. The molecule has 0 saturated heterocycles. The molecule has 0 radical (unpaired) electrons. The van der Waals surface area contributed by atoms with Crippen molar-refractivity contribution in [1.82, 2.24) is 4.57 Å². The number of carbonyl (C=O) groups is 2. The maximum absolute atomic E-state index is 12.7. The highest BCUT2D eigenvalue weighted by Crippen LogP contribution is 2.22. The summed E-state index contributed by atoms with van der Waals surface area (Å²) < 4.78 is 10.6. The standard InChI is InChI=1S/C18H19NO6/c1-4-24-17(22)13-10-14(18(23)25-5-2)16(21)19(15(13)20)12-8-6-11(3)7-9-12/h6-10,20H,4-5H2,1-3H3. The van der Waals surface area contributed by atoms with Gasteiger partial charge in [0.15, 0.2) is 0 Å². The highest BCUT2D eigenvalue weighted by atomic mass is 16.5. The molecular formula is C18H19NO6. The predicted molar refractivity (Wildman–Crippen MR) is 90.4 cm³/mol. The summed E-state index contributed by atoms with van der Waals surface area (Å²) in [7, 11) is 0. The van der Waals surface area contributed by atoms with E-state index in [0.29, 0.717) is 5.69 Å². The van der Waals surface area contributed by atoms with Crippen molar-refractivity contribution in [3.63, 3.8) is 0 Å². The average molecular weight is 345 g/mol. The van der Waals surface area contributed by atoms with Crippen molar-refractivity contribution in [3.8, 4) is 11.6 Å². The van der Waals surface area contributed by atoms with Gasteiger partial charge < -0.3 is 14.6 Å². The van der Waals surface area contributed by atoms with Crippen LogP contribution in [0, 0.1) is 6.92 Å². The number of pyridine rings is 1. The first-order valence-corrected chi connectivity index (χ1v) is 7.81. The van der Waals surface area contributed by atoms with E-state index in [2.05, 4.69) is 0 Å². The maximum Gasteiger partial charge on any atom is 0.343 e. The Bertz CT molecular complexity index is 851. The molecule has 2 rings (SSSR count). The number of aromatic nitrogens is 1. The number of aromatic hydroxyl groups is 1. The number of rotatable bonds is 5. The minimum Gasteiger partial charge on any atom is -0.494 e. The topological polar surface area (TPSA) is 94.8 Å².